The number of benzene rings is 1. The molecule has 0 bridgehead atoms. The second kappa shape index (κ2) is 9.14. The van der Waals surface area contributed by atoms with Gasteiger partial charge in [-0.1, -0.05) is 30.8 Å². The van der Waals surface area contributed by atoms with Gasteiger partial charge in [0.05, 0.1) is 17.5 Å². The lowest BCUT2D eigenvalue weighted by Crippen LogP contribution is -2.51. The van der Waals surface area contributed by atoms with E-state index in [1.54, 1.807) is 17.0 Å². The zero-order valence-corrected chi connectivity index (χ0v) is 19.0. The first-order chi connectivity index (χ1) is 15.0. The lowest BCUT2D eigenvalue weighted by atomic mass is 10.0. The SMILES string of the molecule is CCc1cc2ccc(C)c(C)c2nc1SCC(=O)N1CCN(C(=O)c2ccco2)CC1. The highest BCUT2D eigenvalue weighted by molar-refractivity contribution is 7.99. The summed E-state index contributed by atoms with van der Waals surface area (Å²) in [6.45, 7) is 8.42. The van der Waals surface area contributed by atoms with Crippen LogP contribution in [0, 0.1) is 13.8 Å². The number of piperazine rings is 1. The second-order valence-corrected chi connectivity index (χ2v) is 8.79. The molecule has 3 heterocycles. The number of hydrogen-bond acceptors (Lipinski definition) is 5. The van der Waals surface area contributed by atoms with Gasteiger partial charge in [-0.05, 0) is 55.2 Å². The molecule has 2 amide bonds. The number of fused-ring (bicyclic) bond motifs is 1. The molecule has 0 unspecified atom stereocenters. The van der Waals surface area contributed by atoms with Crippen LogP contribution in [-0.2, 0) is 11.2 Å². The van der Waals surface area contributed by atoms with Crippen molar-refractivity contribution in [3.63, 3.8) is 0 Å². The van der Waals surface area contributed by atoms with E-state index >= 15 is 0 Å². The average molecular weight is 438 g/mol. The smallest absolute Gasteiger partial charge is 0.289 e. The summed E-state index contributed by atoms with van der Waals surface area (Å²) in [6.07, 6.45) is 2.37. The van der Waals surface area contributed by atoms with Crippen LogP contribution in [0.4, 0.5) is 0 Å². The fraction of sp³-hybridized carbons (Fsp3) is 0.375. The van der Waals surface area contributed by atoms with Crippen molar-refractivity contribution in [1.29, 1.82) is 0 Å². The monoisotopic (exact) mass is 437 g/mol. The van der Waals surface area contributed by atoms with Crippen LogP contribution in [0.25, 0.3) is 10.9 Å². The summed E-state index contributed by atoms with van der Waals surface area (Å²) in [5.74, 6) is 0.656. The first kappa shape index (κ1) is 21.4. The molecule has 0 atom stereocenters. The number of carbonyl (C=O) groups excluding carboxylic acids is 2. The molecule has 7 heteroatoms. The normalized spacial score (nSPS) is 14.3. The second-order valence-electron chi connectivity index (χ2n) is 7.82. The van der Waals surface area contributed by atoms with E-state index < -0.39 is 0 Å². The standard InChI is InChI=1S/C24H27N3O3S/c1-4-18-14-19-8-7-16(2)17(3)22(19)25-23(18)31-15-21(28)26-9-11-27(12-10-26)24(29)20-6-5-13-30-20/h5-8,13-14H,4,9-12,15H2,1-3H3. The molecule has 31 heavy (non-hydrogen) atoms. The number of nitrogens with zero attached hydrogens (tertiary/aromatic N) is 3. The molecular formula is C24H27N3O3S. The highest BCUT2D eigenvalue weighted by atomic mass is 32.2. The molecule has 0 N–H and O–H groups in total. The number of aryl methyl sites for hydroxylation is 3. The van der Waals surface area contributed by atoms with Crippen molar-refractivity contribution < 1.29 is 14.0 Å². The van der Waals surface area contributed by atoms with Crippen molar-refractivity contribution in [2.45, 2.75) is 32.2 Å². The highest BCUT2D eigenvalue weighted by Crippen LogP contribution is 2.28. The van der Waals surface area contributed by atoms with Gasteiger partial charge < -0.3 is 14.2 Å². The van der Waals surface area contributed by atoms with Crippen LogP contribution in [0.3, 0.4) is 0 Å². The summed E-state index contributed by atoms with van der Waals surface area (Å²) in [5.41, 5.74) is 4.59. The molecule has 162 valence electrons. The topological polar surface area (TPSA) is 66.7 Å². The Kier molecular flexibility index (Phi) is 6.32. The number of rotatable bonds is 5. The van der Waals surface area contributed by atoms with E-state index in [9.17, 15) is 9.59 Å². The maximum atomic E-state index is 12.8. The predicted molar refractivity (Wildman–Crippen MR) is 123 cm³/mol. The van der Waals surface area contributed by atoms with E-state index in [0.717, 1.165) is 22.3 Å². The molecule has 1 aromatic carbocycles. The summed E-state index contributed by atoms with van der Waals surface area (Å²) < 4.78 is 5.20. The Bertz CT molecular complexity index is 1100. The van der Waals surface area contributed by atoms with Crippen LogP contribution in [-0.4, -0.2) is 58.5 Å². The minimum atomic E-state index is -0.120. The third-order valence-electron chi connectivity index (χ3n) is 5.92. The molecule has 0 radical (unpaired) electrons. The van der Waals surface area contributed by atoms with E-state index in [4.69, 9.17) is 9.40 Å². The van der Waals surface area contributed by atoms with Crippen molar-refractivity contribution in [3.05, 3.63) is 59.0 Å². The third-order valence-corrected chi connectivity index (χ3v) is 6.93. The fourth-order valence-electron chi connectivity index (χ4n) is 3.82. The van der Waals surface area contributed by atoms with Crippen molar-refractivity contribution in [2.75, 3.05) is 31.9 Å². The van der Waals surface area contributed by atoms with Gasteiger partial charge in [0.2, 0.25) is 5.91 Å². The van der Waals surface area contributed by atoms with Gasteiger partial charge in [-0.25, -0.2) is 4.98 Å². The minimum Gasteiger partial charge on any atom is -0.459 e. The minimum absolute atomic E-state index is 0.0833. The first-order valence-electron chi connectivity index (χ1n) is 10.6. The average Bonchev–Trinajstić information content (AvgIpc) is 3.34. The zero-order chi connectivity index (χ0) is 22.0. The summed E-state index contributed by atoms with van der Waals surface area (Å²) in [7, 11) is 0. The van der Waals surface area contributed by atoms with E-state index in [1.807, 2.05) is 4.90 Å². The molecular weight excluding hydrogens is 410 g/mol. The largest absolute Gasteiger partial charge is 0.459 e. The number of aromatic nitrogens is 1. The summed E-state index contributed by atoms with van der Waals surface area (Å²) in [6, 6.07) is 9.82. The maximum Gasteiger partial charge on any atom is 0.289 e. The van der Waals surface area contributed by atoms with E-state index in [2.05, 4.69) is 39.0 Å². The quantitative estimate of drug-likeness (QED) is 0.563. The Morgan fingerprint density at radius 2 is 1.84 bits per heavy atom. The summed E-state index contributed by atoms with van der Waals surface area (Å²) >= 11 is 1.51. The van der Waals surface area contributed by atoms with Gasteiger partial charge in [0, 0.05) is 31.6 Å². The zero-order valence-electron chi connectivity index (χ0n) is 18.2. The molecule has 4 rings (SSSR count). The van der Waals surface area contributed by atoms with E-state index in [-0.39, 0.29) is 11.8 Å². The molecule has 1 aliphatic rings. The Morgan fingerprint density at radius 3 is 2.52 bits per heavy atom. The van der Waals surface area contributed by atoms with Gasteiger partial charge in [0.1, 0.15) is 5.03 Å². The Labute approximate surface area is 186 Å². The van der Waals surface area contributed by atoms with Crippen LogP contribution < -0.4 is 0 Å². The van der Waals surface area contributed by atoms with E-state index in [1.165, 1.54) is 34.7 Å². The third kappa shape index (κ3) is 4.46. The Hall–Kier alpha value is -2.80. The summed E-state index contributed by atoms with van der Waals surface area (Å²) in [5, 5.41) is 2.08. The van der Waals surface area contributed by atoms with Gasteiger partial charge >= 0.3 is 0 Å². The number of thioether (sulfide) groups is 1. The molecule has 0 aliphatic carbocycles. The highest BCUT2D eigenvalue weighted by Gasteiger charge is 2.26. The van der Waals surface area contributed by atoms with Crippen LogP contribution >= 0.6 is 11.8 Å². The number of hydrogen-bond donors (Lipinski definition) is 0. The Balaban J connectivity index is 1.39. The van der Waals surface area contributed by atoms with Crippen molar-refractivity contribution in [3.8, 4) is 0 Å². The van der Waals surface area contributed by atoms with Crippen LogP contribution in [0.1, 0.15) is 34.2 Å². The van der Waals surface area contributed by atoms with Gasteiger partial charge in [0.15, 0.2) is 5.76 Å². The molecule has 0 saturated carbocycles. The fourth-order valence-corrected chi connectivity index (χ4v) is 4.81. The molecule has 1 saturated heterocycles. The van der Waals surface area contributed by atoms with Crippen molar-refractivity contribution >= 4 is 34.5 Å². The first-order valence-corrected chi connectivity index (χ1v) is 11.6. The van der Waals surface area contributed by atoms with Crippen LogP contribution in [0.2, 0.25) is 0 Å². The molecule has 2 aromatic heterocycles. The van der Waals surface area contributed by atoms with Gasteiger partial charge in [-0.2, -0.15) is 0 Å². The Morgan fingerprint density at radius 1 is 1.10 bits per heavy atom. The predicted octanol–water partition coefficient (Wildman–Crippen LogP) is 4.08. The number of carbonyl (C=O) groups is 2. The maximum absolute atomic E-state index is 12.8. The molecule has 6 nitrogen and oxygen atoms in total. The van der Waals surface area contributed by atoms with Gasteiger partial charge in [-0.3, -0.25) is 9.59 Å². The molecule has 1 fully saturated rings. The number of pyridine rings is 1. The van der Waals surface area contributed by atoms with Gasteiger partial charge in [0.25, 0.3) is 5.91 Å². The van der Waals surface area contributed by atoms with Gasteiger partial charge in [-0.15, -0.1) is 0 Å². The number of furan rings is 1. The summed E-state index contributed by atoms with van der Waals surface area (Å²) in [4.78, 5) is 33.7. The van der Waals surface area contributed by atoms with Crippen LogP contribution in [0.15, 0.2) is 46.0 Å². The van der Waals surface area contributed by atoms with Crippen molar-refractivity contribution in [2.24, 2.45) is 0 Å². The van der Waals surface area contributed by atoms with E-state index in [0.29, 0.717) is 37.7 Å². The number of amides is 2. The molecule has 1 aliphatic heterocycles. The van der Waals surface area contributed by atoms with Crippen LogP contribution in [0.5, 0.6) is 0 Å². The lowest BCUT2D eigenvalue weighted by molar-refractivity contribution is -0.129. The molecule has 0 spiro atoms. The van der Waals surface area contributed by atoms with Crippen molar-refractivity contribution in [1.82, 2.24) is 14.8 Å². The molecule has 3 aromatic rings. The lowest BCUT2D eigenvalue weighted by Gasteiger charge is -2.34.